The lowest BCUT2D eigenvalue weighted by Crippen LogP contribution is -2.39. The molecule has 0 radical (unpaired) electrons. The molecule has 1 aliphatic heterocycles. The minimum atomic E-state index is -0.496. The number of aromatic nitrogens is 4. The van der Waals surface area contributed by atoms with Crippen LogP contribution in [0.2, 0.25) is 0 Å². The van der Waals surface area contributed by atoms with Gasteiger partial charge in [0.25, 0.3) is 0 Å². The molecule has 2 N–H and O–H groups in total. The summed E-state index contributed by atoms with van der Waals surface area (Å²) in [4.78, 5) is 30.7. The van der Waals surface area contributed by atoms with Crippen molar-refractivity contribution in [1.29, 1.82) is 0 Å². The number of H-pyrrole nitrogens is 1. The molecule has 3 aromatic heterocycles. The van der Waals surface area contributed by atoms with Crippen molar-refractivity contribution in [3.8, 4) is 0 Å². The highest BCUT2D eigenvalue weighted by atomic mass is 32.1. The number of fused-ring (bicyclic) bond motifs is 2. The lowest BCUT2D eigenvalue weighted by atomic mass is 10.1. The zero-order valence-corrected chi connectivity index (χ0v) is 19.0. The molecule has 32 heavy (non-hydrogen) atoms. The van der Waals surface area contributed by atoms with Gasteiger partial charge in [-0.05, 0) is 57.0 Å². The lowest BCUT2D eigenvalue weighted by molar-refractivity contribution is 0.0270. The summed E-state index contributed by atoms with van der Waals surface area (Å²) in [6.45, 7) is 6.76. The first-order valence-corrected chi connectivity index (χ1v) is 11.3. The minimum absolute atomic E-state index is 0.279. The summed E-state index contributed by atoms with van der Waals surface area (Å²) in [6, 6.07) is 8.16. The van der Waals surface area contributed by atoms with Crippen LogP contribution >= 0.6 is 11.3 Å². The second-order valence-electron chi connectivity index (χ2n) is 8.73. The molecule has 0 atom stereocenters. The van der Waals surface area contributed by atoms with Crippen molar-refractivity contribution < 1.29 is 9.53 Å². The van der Waals surface area contributed by atoms with Gasteiger partial charge in [-0.2, -0.15) is 0 Å². The summed E-state index contributed by atoms with van der Waals surface area (Å²) in [5.74, 6) is 0.735. The standard InChI is InChI=1S/C23H24N6O2S/c1-23(2,3)31-22(30)29-8-6-14(7-9-29)17-11-16-20(24-12-25-21(16)28-17)27-15-4-5-19-18(10-15)26-13-32-19/h4-6,10-13H,7-9H2,1-3H3,(H2,24,25,27,28). The van der Waals surface area contributed by atoms with Crippen molar-refractivity contribution in [3.05, 3.63) is 47.9 Å². The highest BCUT2D eigenvalue weighted by molar-refractivity contribution is 7.16. The molecule has 4 aromatic rings. The van der Waals surface area contributed by atoms with E-state index in [-0.39, 0.29) is 6.09 Å². The van der Waals surface area contributed by atoms with Gasteiger partial charge in [0.05, 0.1) is 21.1 Å². The number of nitrogens with zero attached hydrogens (tertiary/aromatic N) is 4. The maximum absolute atomic E-state index is 12.3. The molecule has 0 aliphatic carbocycles. The zero-order valence-electron chi connectivity index (χ0n) is 18.2. The van der Waals surface area contributed by atoms with Crippen molar-refractivity contribution >= 4 is 55.8 Å². The number of aromatic amines is 1. The SMILES string of the molecule is CC(C)(C)OC(=O)N1CC=C(c2cc3c(Nc4ccc5scnc5c4)ncnc3[nH]2)CC1. The monoisotopic (exact) mass is 448 g/mol. The average Bonchev–Trinajstić information content (AvgIpc) is 3.40. The molecule has 1 aromatic carbocycles. The molecule has 8 nitrogen and oxygen atoms in total. The first-order valence-electron chi connectivity index (χ1n) is 10.5. The summed E-state index contributed by atoms with van der Waals surface area (Å²) in [5.41, 5.74) is 6.14. The Hall–Kier alpha value is -3.46. The fourth-order valence-corrected chi connectivity index (χ4v) is 4.35. The predicted molar refractivity (Wildman–Crippen MR) is 127 cm³/mol. The third kappa shape index (κ3) is 4.16. The van der Waals surface area contributed by atoms with Gasteiger partial charge in [0.15, 0.2) is 0 Å². The summed E-state index contributed by atoms with van der Waals surface area (Å²) in [6.07, 6.45) is 4.07. The molecular formula is C23H24N6O2S. The maximum Gasteiger partial charge on any atom is 0.410 e. The van der Waals surface area contributed by atoms with Crippen LogP contribution in [0.4, 0.5) is 16.3 Å². The number of anilines is 2. The van der Waals surface area contributed by atoms with E-state index in [1.165, 1.54) is 0 Å². The summed E-state index contributed by atoms with van der Waals surface area (Å²) >= 11 is 1.62. The Bertz CT molecular complexity index is 1330. The van der Waals surface area contributed by atoms with E-state index in [1.807, 2.05) is 38.4 Å². The van der Waals surface area contributed by atoms with Crippen LogP contribution in [0.3, 0.4) is 0 Å². The van der Waals surface area contributed by atoms with E-state index in [0.717, 1.165) is 50.4 Å². The minimum Gasteiger partial charge on any atom is -0.444 e. The third-order valence-corrected chi connectivity index (χ3v) is 6.04. The number of rotatable bonds is 3. The van der Waals surface area contributed by atoms with Gasteiger partial charge in [0, 0.05) is 24.5 Å². The number of hydrogen-bond donors (Lipinski definition) is 2. The van der Waals surface area contributed by atoms with Gasteiger partial charge >= 0.3 is 6.09 Å². The Morgan fingerprint density at radius 1 is 1.22 bits per heavy atom. The van der Waals surface area contributed by atoms with Crippen LogP contribution in [0.1, 0.15) is 32.9 Å². The third-order valence-electron chi connectivity index (χ3n) is 5.23. The largest absolute Gasteiger partial charge is 0.444 e. The first kappa shape index (κ1) is 20.4. The van der Waals surface area contributed by atoms with Crippen LogP contribution in [0, 0.1) is 0 Å². The van der Waals surface area contributed by atoms with E-state index < -0.39 is 5.60 Å². The zero-order chi connectivity index (χ0) is 22.3. The van der Waals surface area contributed by atoms with Gasteiger partial charge in [0.2, 0.25) is 0 Å². The number of hydrogen-bond acceptors (Lipinski definition) is 7. The number of nitrogens with one attached hydrogen (secondary N) is 2. The molecule has 0 saturated heterocycles. The second-order valence-corrected chi connectivity index (χ2v) is 9.62. The Morgan fingerprint density at radius 2 is 2.09 bits per heavy atom. The summed E-state index contributed by atoms with van der Waals surface area (Å²) < 4.78 is 6.63. The molecule has 1 amide bonds. The van der Waals surface area contributed by atoms with E-state index in [2.05, 4.69) is 43.5 Å². The summed E-state index contributed by atoms with van der Waals surface area (Å²) in [7, 11) is 0. The molecule has 1 aliphatic rings. The second kappa shape index (κ2) is 7.90. The van der Waals surface area contributed by atoms with E-state index >= 15 is 0 Å². The Labute approximate surface area is 189 Å². The fraction of sp³-hybridized carbons (Fsp3) is 0.304. The number of carbonyl (C=O) groups excluding carboxylic acids is 1. The van der Waals surface area contributed by atoms with Crippen molar-refractivity contribution in [2.75, 3.05) is 18.4 Å². The van der Waals surface area contributed by atoms with Crippen molar-refractivity contribution in [1.82, 2.24) is 24.8 Å². The Balaban J connectivity index is 1.37. The van der Waals surface area contributed by atoms with Gasteiger partial charge in [0.1, 0.15) is 23.4 Å². The van der Waals surface area contributed by atoms with E-state index in [9.17, 15) is 4.79 Å². The molecule has 0 bridgehead atoms. The first-order chi connectivity index (χ1) is 15.4. The molecule has 9 heteroatoms. The van der Waals surface area contributed by atoms with Crippen LogP contribution in [0.5, 0.6) is 0 Å². The van der Waals surface area contributed by atoms with Gasteiger partial charge in [-0.15, -0.1) is 11.3 Å². The lowest BCUT2D eigenvalue weighted by Gasteiger charge is -2.29. The molecule has 4 heterocycles. The van der Waals surface area contributed by atoms with Crippen LogP contribution in [0.25, 0.3) is 26.8 Å². The number of amides is 1. The molecule has 164 valence electrons. The van der Waals surface area contributed by atoms with Crippen LogP contribution in [-0.4, -0.2) is 49.6 Å². The van der Waals surface area contributed by atoms with Crippen LogP contribution < -0.4 is 5.32 Å². The molecular weight excluding hydrogens is 424 g/mol. The predicted octanol–water partition coefficient (Wildman–Crippen LogP) is 5.34. The maximum atomic E-state index is 12.3. The van der Waals surface area contributed by atoms with Crippen LogP contribution in [-0.2, 0) is 4.74 Å². The highest BCUT2D eigenvalue weighted by Gasteiger charge is 2.24. The average molecular weight is 449 g/mol. The van der Waals surface area contributed by atoms with E-state index in [1.54, 1.807) is 22.6 Å². The topological polar surface area (TPSA) is 96.0 Å². The quantitative estimate of drug-likeness (QED) is 0.439. The molecule has 0 spiro atoms. The van der Waals surface area contributed by atoms with Gasteiger partial charge < -0.3 is 19.9 Å². The molecule has 0 fully saturated rings. The Morgan fingerprint density at radius 3 is 2.88 bits per heavy atom. The normalized spacial score (nSPS) is 14.6. The Kier molecular flexibility index (Phi) is 5.05. The van der Waals surface area contributed by atoms with Crippen molar-refractivity contribution in [2.24, 2.45) is 0 Å². The number of thiazole rings is 1. The van der Waals surface area contributed by atoms with Crippen molar-refractivity contribution in [2.45, 2.75) is 32.8 Å². The molecule has 0 unspecified atom stereocenters. The number of carbonyl (C=O) groups is 1. The number of benzene rings is 1. The van der Waals surface area contributed by atoms with E-state index in [0.29, 0.717) is 13.1 Å². The van der Waals surface area contributed by atoms with E-state index in [4.69, 9.17) is 4.74 Å². The highest BCUT2D eigenvalue weighted by Crippen LogP contribution is 2.30. The fourth-order valence-electron chi connectivity index (χ4n) is 3.69. The van der Waals surface area contributed by atoms with Gasteiger partial charge in [-0.25, -0.2) is 19.7 Å². The number of ether oxygens (including phenoxy) is 1. The summed E-state index contributed by atoms with van der Waals surface area (Å²) in [5, 5.41) is 4.31. The van der Waals surface area contributed by atoms with Crippen LogP contribution in [0.15, 0.2) is 42.2 Å². The van der Waals surface area contributed by atoms with Gasteiger partial charge in [-0.1, -0.05) is 6.08 Å². The van der Waals surface area contributed by atoms with Crippen molar-refractivity contribution in [3.63, 3.8) is 0 Å². The smallest absolute Gasteiger partial charge is 0.410 e. The molecule has 5 rings (SSSR count). The van der Waals surface area contributed by atoms with Gasteiger partial charge in [-0.3, -0.25) is 0 Å². The molecule has 0 saturated carbocycles.